The number of allylic oxidation sites excluding steroid dienone is 10. The number of rotatable bonds is 48. The van der Waals surface area contributed by atoms with Gasteiger partial charge in [0, 0.05) is 19.3 Å². The second-order valence-electron chi connectivity index (χ2n) is 19.1. The fourth-order valence-electron chi connectivity index (χ4n) is 7.76. The summed E-state index contributed by atoms with van der Waals surface area (Å²) in [4.78, 5) is 37.1. The molecule has 0 spiro atoms. The molecular formula is C57H101NO7. The van der Waals surface area contributed by atoms with Crippen molar-refractivity contribution in [3.63, 3.8) is 0 Å². The van der Waals surface area contributed by atoms with E-state index in [-0.39, 0.29) is 42.7 Å². The molecule has 2 unspecified atom stereocenters. The molecule has 0 aromatic heterocycles. The molecule has 376 valence electrons. The Morgan fingerprint density at radius 2 is 0.862 bits per heavy atom. The molecule has 0 saturated heterocycles. The molecule has 0 aliphatic rings. The van der Waals surface area contributed by atoms with Crippen LogP contribution in [0.2, 0.25) is 0 Å². The van der Waals surface area contributed by atoms with Crippen LogP contribution in [0.5, 0.6) is 0 Å². The predicted molar refractivity (Wildman–Crippen MR) is 273 cm³/mol. The van der Waals surface area contributed by atoms with Crippen LogP contribution < -0.4 is 5.11 Å². The lowest BCUT2D eigenvalue weighted by molar-refractivity contribution is -0.889. The lowest BCUT2D eigenvalue weighted by Gasteiger charge is -2.34. The summed E-state index contributed by atoms with van der Waals surface area (Å²) in [7, 11) is 5.42. The van der Waals surface area contributed by atoms with Gasteiger partial charge >= 0.3 is 11.9 Å². The van der Waals surface area contributed by atoms with E-state index in [9.17, 15) is 19.5 Å². The first-order valence-electron chi connectivity index (χ1n) is 26.8. The molecule has 0 fully saturated rings. The number of quaternary nitrogens is 1. The first-order chi connectivity index (χ1) is 31.6. The molecule has 0 N–H and O–H groups in total. The Morgan fingerprint density at radius 3 is 1.29 bits per heavy atom. The van der Waals surface area contributed by atoms with Crippen LogP contribution >= 0.6 is 0 Å². The van der Waals surface area contributed by atoms with Gasteiger partial charge < -0.3 is 28.6 Å². The Kier molecular flexibility index (Phi) is 45.3. The summed E-state index contributed by atoms with van der Waals surface area (Å²) in [6, 6.07) is -0.730. The number of likely N-dealkylation sites (N-methyl/N-ethyl adjacent to an activating group) is 1. The number of esters is 2. The molecule has 0 bridgehead atoms. The lowest BCUT2D eigenvalue weighted by Crippen LogP contribution is -2.55. The highest BCUT2D eigenvalue weighted by Gasteiger charge is 2.25. The van der Waals surface area contributed by atoms with Gasteiger partial charge in [0.1, 0.15) is 12.6 Å². The smallest absolute Gasteiger partial charge is 0.306 e. The van der Waals surface area contributed by atoms with Crippen molar-refractivity contribution >= 4 is 17.9 Å². The molecule has 0 aromatic carbocycles. The van der Waals surface area contributed by atoms with Crippen molar-refractivity contribution in [1.82, 2.24) is 0 Å². The largest absolute Gasteiger partial charge is 0.544 e. The van der Waals surface area contributed by atoms with E-state index < -0.39 is 18.1 Å². The van der Waals surface area contributed by atoms with Gasteiger partial charge in [-0.3, -0.25) is 9.59 Å². The van der Waals surface area contributed by atoms with Crippen molar-refractivity contribution in [1.29, 1.82) is 0 Å². The summed E-state index contributed by atoms with van der Waals surface area (Å²) >= 11 is 0. The number of unbranched alkanes of at least 4 members (excludes halogenated alkanes) is 24. The van der Waals surface area contributed by atoms with Crippen LogP contribution in [0.3, 0.4) is 0 Å². The Hall–Kier alpha value is -2.97. The van der Waals surface area contributed by atoms with Crippen LogP contribution in [0, 0.1) is 0 Å². The van der Waals surface area contributed by atoms with Gasteiger partial charge in [-0.1, -0.05) is 197 Å². The van der Waals surface area contributed by atoms with Crippen molar-refractivity contribution in [2.24, 2.45) is 0 Å². The summed E-state index contributed by atoms with van der Waals surface area (Å²) < 4.78 is 17.3. The summed E-state index contributed by atoms with van der Waals surface area (Å²) in [6.45, 7) is 4.56. The van der Waals surface area contributed by atoms with Gasteiger partial charge in [0.2, 0.25) is 0 Å². The predicted octanol–water partition coefficient (Wildman–Crippen LogP) is 14.4. The SMILES string of the molecule is CC/C=C/C/C=C/C/C=C/C/C=C/CCCCCCCCCCCC(=O)OCC(COCCC(C(=O)[O-])[N+](C)(C)C)OC(=O)CCCCCCCCC/C=C/CCCCCCCCCC. The quantitative estimate of drug-likeness (QED) is 0.0259. The maximum atomic E-state index is 12.8. The summed E-state index contributed by atoms with van der Waals surface area (Å²) in [5.41, 5.74) is 0. The Bertz CT molecular complexity index is 1250. The first kappa shape index (κ1) is 62.0. The fraction of sp³-hybridized carbons (Fsp3) is 0.772. The molecule has 0 heterocycles. The Labute approximate surface area is 400 Å². The third kappa shape index (κ3) is 46.0. The lowest BCUT2D eigenvalue weighted by atomic mass is 10.1. The first-order valence-corrected chi connectivity index (χ1v) is 26.8. The number of carboxylic acid groups (broad SMARTS) is 1. The average Bonchev–Trinajstić information content (AvgIpc) is 3.27. The Balaban J connectivity index is 4.23. The molecule has 0 amide bonds. The van der Waals surface area contributed by atoms with Gasteiger partial charge in [0.15, 0.2) is 6.10 Å². The molecule has 0 rings (SSSR count). The number of nitrogens with zero attached hydrogens (tertiary/aromatic N) is 1. The van der Waals surface area contributed by atoms with Gasteiger partial charge in [-0.15, -0.1) is 0 Å². The van der Waals surface area contributed by atoms with Crippen LogP contribution in [0.1, 0.15) is 232 Å². The van der Waals surface area contributed by atoms with Gasteiger partial charge in [-0.25, -0.2) is 0 Å². The molecule has 65 heavy (non-hydrogen) atoms. The highest BCUT2D eigenvalue weighted by atomic mass is 16.6. The minimum absolute atomic E-state index is 0.0365. The zero-order valence-corrected chi connectivity index (χ0v) is 42.9. The number of hydrogen-bond donors (Lipinski definition) is 0. The highest BCUT2D eigenvalue weighted by molar-refractivity contribution is 5.70. The van der Waals surface area contributed by atoms with Gasteiger partial charge in [0.05, 0.1) is 40.3 Å². The van der Waals surface area contributed by atoms with E-state index in [0.717, 1.165) is 70.6 Å². The van der Waals surface area contributed by atoms with Crippen LogP contribution in [-0.2, 0) is 28.6 Å². The van der Waals surface area contributed by atoms with Gasteiger partial charge in [-0.05, 0) is 77.0 Å². The molecule has 0 radical (unpaired) electrons. The normalized spacial score (nSPS) is 13.3. The second kappa shape index (κ2) is 47.5. The fourth-order valence-corrected chi connectivity index (χ4v) is 7.76. The third-order valence-corrected chi connectivity index (χ3v) is 11.9. The van der Waals surface area contributed by atoms with Crippen LogP contribution in [0.25, 0.3) is 0 Å². The van der Waals surface area contributed by atoms with Crippen molar-refractivity contribution in [3.8, 4) is 0 Å². The van der Waals surface area contributed by atoms with Crippen molar-refractivity contribution < 1.29 is 38.2 Å². The minimum Gasteiger partial charge on any atom is -0.544 e. The molecule has 0 aliphatic heterocycles. The number of ether oxygens (including phenoxy) is 3. The summed E-state index contributed by atoms with van der Waals surface area (Å²) in [5.74, 6) is -1.74. The zero-order valence-electron chi connectivity index (χ0n) is 42.9. The number of carbonyl (C=O) groups is 3. The van der Waals surface area contributed by atoms with Gasteiger partial charge in [0.25, 0.3) is 0 Å². The number of aliphatic carboxylic acids is 1. The molecular weight excluding hydrogens is 811 g/mol. The topological polar surface area (TPSA) is 102 Å². The van der Waals surface area contributed by atoms with Gasteiger partial charge in [-0.2, -0.15) is 0 Å². The maximum Gasteiger partial charge on any atom is 0.306 e. The van der Waals surface area contributed by atoms with E-state index in [1.165, 1.54) is 128 Å². The number of carboxylic acids is 1. The highest BCUT2D eigenvalue weighted by Crippen LogP contribution is 2.15. The second-order valence-corrected chi connectivity index (χ2v) is 19.1. The monoisotopic (exact) mass is 912 g/mol. The molecule has 0 aliphatic carbocycles. The number of carbonyl (C=O) groups excluding carboxylic acids is 3. The van der Waals surface area contributed by atoms with Crippen LogP contribution in [0.15, 0.2) is 60.8 Å². The molecule has 0 aromatic rings. The van der Waals surface area contributed by atoms with E-state index in [2.05, 4.69) is 74.6 Å². The van der Waals surface area contributed by atoms with Crippen molar-refractivity contribution in [2.75, 3.05) is 41.0 Å². The van der Waals surface area contributed by atoms with E-state index in [4.69, 9.17) is 14.2 Å². The summed E-state index contributed by atoms with van der Waals surface area (Å²) in [6.07, 6.45) is 59.6. The van der Waals surface area contributed by atoms with Crippen molar-refractivity contribution in [2.45, 2.75) is 244 Å². The van der Waals surface area contributed by atoms with E-state index in [1.54, 1.807) is 21.1 Å². The molecule has 8 nitrogen and oxygen atoms in total. The molecule has 8 heteroatoms. The Morgan fingerprint density at radius 1 is 0.477 bits per heavy atom. The minimum atomic E-state index is -1.13. The molecule has 2 atom stereocenters. The zero-order chi connectivity index (χ0) is 47.7. The number of hydrogen-bond acceptors (Lipinski definition) is 7. The standard InChI is InChI=1S/C57H101NO7/c1-6-8-10-12-14-16-18-20-22-24-26-27-28-30-31-33-35-37-39-41-43-45-47-55(59)64-52-53(51-63-50-49-54(57(61)62)58(3,4)5)65-56(60)48-46-44-42-40-38-36-34-32-29-25-23-21-19-17-15-13-11-9-7-2/h8,10,14,16,20,22,25-27,29,53-54H,6-7,9,11-13,15,17-19,21,23-24,28,30-52H2,1-5H3/b10-8+,16-14+,22-20+,27-26+,29-25+. The van der Waals surface area contributed by atoms with E-state index in [0.29, 0.717) is 12.8 Å². The summed E-state index contributed by atoms with van der Waals surface area (Å²) in [5, 5.41) is 11.7. The van der Waals surface area contributed by atoms with E-state index >= 15 is 0 Å². The maximum absolute atomic E-state index is 12.8. The molecule has 0 saturated carbocycles. The van der Waals surface area contributed by atoms with Crippen LogP contribution in [-0.4, -0.2) is 75.5 Å². The van der Waals surface area contributed by atoms with E-state index in [1.807, 2.05) is 0 Å². The average molecular weight is 912 g/mol. The van der Waals surface area contributed by atoms with Crippen LogP contribution in [0.4, 0.5) is 0 Å². The third-order valence-electron chi connectivity index (χ3n) is 11.9. The van der Waals surface area contributed by atoms with Crippen molar-refractivity contribution in [3.05, 3.63) is 60.8 Å².